The van der Waals surface area contributed by atoms with Crippen molar-refractivity contribution in [3.05, 3.63) is 46.2 Å². The molecular formula is C14H13BrN4O3. The summed E-state index contributed by atoms with van der Waals surface area (Å²) in [6, 6.07) is 7.34. The first kappa shape index (κ1) is 14.6. The Hall–Kier alpha value is -2.35. The molecule has 3 aromatic rings. The van der Waals surface area contributed by atoms with Crippen molar-refractivity contribution in [3.8, 4) is 11.6 Å². The monoisotopic (exact) mass is 364 g/mol. The van der Waals surface area contributed by atoms with Gasteiger partial charge in [-0.05, 0) is 47.1 Å². The minimum Gasteiger partial charge on any atom is -0.446 e. The first-order valence-electron chi connectivity index (χ1n) is 6.53. The van der Waals surface area contributed by atoms with E-state index in [0.717, 1.165) is 11.4 Å². The van der Waals surface area contributed by atoms with Gasteiger partial charge < -0.3 is 18.8 Å². The quantitative estimate of drug-likeness (QED) is 0.768. The molecule has 0 aromatic carbocycles. The summed E-state index contributed by atoms with van der Waals surface area (Å²) in [5, 5.41) is 6.47. The Morgan fingerprint density at radius 3 is 2.82 bits per heavy atom. The fourth-order valence-corrected chi connectivity index (χ4v) is 2.25. The Bertz CT molecular complexity index is 818. The maximum Gasteiger partial charge on any atom is 0.316 e. The van der Waals surface area contributed by atoms with Crippen LogP contribution in [0.2, 0.25) is 0 Å². The molecule has 8 heteroatoms. The van der Waals surface area contributed by atoms with Gasteiger partial charge in [0.05, 0.1) is 6.54 Å². The predicted octanol–water partition coefficient (Wildman–Crippen LogP) is 2.67. The number of rotatable bonds is 4. The standard InChI is InChI=1S/C14H13BrN4O3/c1-8-3-4-9(19(8)2)7-16-13(20)14-17-12(18-22-14)10-5-6-11(15)21-10/h3-6H,7H2,1-2H3,(H,16,20). The van der Waals surface area contributed by atoms with Crippen LogP contribution in [0.4, 0.5) is 0 Å². The molecule has 0 saturated carbocycles. The number of hydrogen-bond donors (Lipinski definition) is 1. The van der Waals surface area contributed by atoms with Crippen molar-refractivity contribution in [1.82, 2.24) is 20.0 Å². The molecule has 114 valence electrons. The van der Waals surface area contributed by atoms with Gasteiger partial charge in [0.2, 0.25) is 5.82 Å². The topological polar surface area (TPSA) is 86.1 Å². The van der Waals surface area contributed by atoms with E-state index in [2.05, 4.69) is 31.4 Å². The molecule has 1 N–H and O–H groups in total. The van der Waals surface area contributed by atoms with E-state index in [0.29, 0.717) is 17.0 Å². The maximum absolute atomic E-state index is 12.0. The highest BCUT2D eigenvalue weighted by atomic mass is 79.9. The molecule has 0 atom stereocenters. The molecule has 3 rings (SSSR count). The molecular weight excluding hydrogens is 352 g/mol. The number of aryl methyl sites for hydroxylation is 1. The second kappa shape index (κ2) is 5.80. The third-order valence-corrected chi connectivity index (χ3v) is 3.75. The third-order valence-electron chi connectivity index (χ3n) is 3.32. The highest BCUT2D eigenvalue weighted by Crippen LogP contribution is 2.22. The van der Waals surface area contributed by atoms with Gasteiger partial charge in [0.15, 0.2) is 10.4 Å². The van der Waals surface area contributed by atoms with Gasteiger partial charge in [-0.25, -0.2) is 0 Å². The summed E-state index contributed by atoms with van der Waals surface area (Å²) in [5.74, 6) is 0.120. The summed E-state index contributed by atoms with van der Waals surface area (Å²) in [6.45, 7) is 2.38. The number of nitrogens with zero attached hydrogens (tertiary/aromatic N) is 3. The smallest absolute Gasteiger partial charge is 0.316 e. The lowest BCUT2D eigenvalue weighted by Gasteiger charge is -2.05. The number of amides is 1. The van der Waals surface area contributed by atoms with Crippen molar-refractivity contribution >= 4 is 21.8 Å². The summed E-state index contributed by atoms with van der Waals surface area (Å²) in [6.07, 6.45) is 0. The molecule has 0 radical (unpaired) electrons. The van der Waals surface area contributed by atoms with Gasteiger partial charge in [-0.15, -0.1) is 0 Å². The average Bonchev–Trinajstić information content (AvgIpc) is 3.20. The van der Waals surface area contributed by atoms with E-state index in [1.165, 1.54) is 0 Å². The molecule has 0 unspecified atom stereocenters. The van der Waals surface area contributed by atoms with Gasteiger partial charge in [-0.2, -0.15) is 4.98 Å². The average molecular weight is 365 g/mol. The van der Waals surface area contributed by atoms with Crippen LogP contribution < -0.4 is 5.32 Å². The SMILES string of the molecule is Cc1ccc(CNC(=O)c2nc(-c3ccc(Br)o3)no2)n1C. The second-order valence-electron chi connectivity index (χ2n) is 4.73. The molecule has 0 fully saturated rings. The molecule has 0 saturated heterocycles. The van der Waals surface area contributed by atoms with Crippen molar-refractivity contribution in [2.75, 3.05) is 0 Å². The molecule has 0 aliphatic carbocycles. The molecule has 0 spiro atoms. The number of furan rings is 1. The number of nitrogens with one attached hydrogen (secondary N) is 1. The van der Waals surface area contributed by atoms with Crippen molar-refractivity contribution in [2.45, 2.75) is 13.5 Å². The lowest BCUT2D eigenvalue weighted by atomic mass is 10.4. The first-order valence-corrected chi connectivity index (χ1v) is 7.32. The van der Waals surface area contributed by atoms with Gasteiger partial charge in [0.25, 0.3) is 0 Å². The molecule has 0 aliphatic heterocycles. The van der Waals surface area contributed by atoms with Crippen LogP contribution in [0.1, 0.15) is 22.1 Å². The number of aromatic nitrogens is 3. The third kappa shape index (κ3) is 2.82. The van der Waals surface area contributed by atoms with Gasteiger partial charge in [-0.1, -0.05) is 5.16 Å². The Labute approximate surface area is 134 Å². The Balaban J connectivity index is 1.68. The Morgan fingerprint density at radius 1 is 1.36 bits per heavy atom. The van der Waals surface area contributed by atoms with Gasteiger partial charge in [-0.3, -0.25) is 4.79 Å². The van der Waals surface area contributed by atoms with Crippen LogP contribution >= 0.6 is 15.9 Å². The minimum atomic E-state index is -0.428. The van der Waals surface area contributed by atoms with Crippen molar-refractivity contribution in [1.29, 1.82) is 0 Å². The summed E-state index contributed by atoms with van der Waals surface area (Å²) in [7, 11) is 1.94. The van der Waals surface area contributed by atoms with Crippen molar-refractivity contribution < 1.29 is 13.7 Å². The lowest BCUT2D eigenvalue weighted by Crippen LogP contribution is -2.24. The number of carbonyl (C=O) groups excluding carboxylic acids is 1. The minimum absolute atomic E-state index is 0.103. The van der Waals surface area contributed by atoms with Crippen LogP contribution in [-0.2, 0) is 13.6 Å². The summed E-state index contributed by atoms with van der Waals surface area (Å²) in [4.78, 5) is 16.1. The zero-order chi connectivity index (χ0) is 15.7. The van der Waals surface area contributed by atoms with Gasteiger partial charge in [0, 0.05) is 18.4 Å². The molecule has 0 bridgehead atoms. The summed E-state index contributed by atoms with van der Waals surface area (Å²) in [5.41, 5.74) is 2.10. The summed E-state index contributed by atoms with van der Waals surface area (Å²) >= 11 is 3.19. The second-order valence-corrected chi connectivity index (χ2v) is 5.52. The van der Waals surface area contributed by atoms with Crippen LogP contribution in [-0.4, -0.2) is 20.6 Å². The van der Waals surface area contributed by atoms with Crippen molar-refractivity contribution in [3.63, 3.8) is 0 Å². The van der Waals surface area contributed by atoms with Crippen LogP contribution in [0.15, 0.2) is 37.9 Å². The van der Waals surface area contributed by atoms with E-state index < -0.39 is 5.91 Å². The normalized spacial score (nSPS) is 10.9. The zero-order valence-electron chi connectivity index (χ0n) is 12.0. The van der Waals surface area contributed by atoms with Gasteiger partial charge >= 0.3 is 11.8 Å². The Morgan fingerprint density at radius 2 is 2.18 bits per heavy atom. The molecule has 22 heavy (non-hydrogen) atoms. The molecule has 7 nitrogen and oxygen atoms in total. The van der Waals surface area contributed by atoms with Crippen LogP contribution in [0.3, 0.4) is 0 Å². The lowest BCUT2D eigenvalue weighted by molar-refractivity contribution is 0.0906. The molecule has 1 amide bonds. The van der Waals surface area contributed by atoms with Crippen LogP contribution in [0.5, 0.6) is 0 Å². The van der Waals surface area contributed by atoms with Crippen LogP contribution in [0.25, 0.3) is 11.6 Å². The zero-order valence-corrected chi connectivity index (χ0v) is 13.5. The fraction of sp³-hybridized carbons (Fsp3) is 0.214. The Kier molecular flexibility index (Phi) is 3.84. The maximum atomic E-state index is 12.0. The van der Waals surface area contributed by atoms with E-state index in [1.807, 2.05) is 30.7 Å². The molecule has 3 aromatic heterocycles. The van der Waals surface area contributed by atoms with E-state index in [-0.39, 0.29) is 11.7 Å². The van der Waals surface area contributed by atoms with E-state index in [4.69, 9.17) is 8.94 Å². The fourth-order valence-electron chi connectivity index (χ4n) is 1.94. The van der Waals surface area contributed by atoms with E-state index >= 15 is 0 Å². The highest BCUT2D eigenvalue weighted by molar-refractivity contribution is 9.10. The highest BCUT2D eigenvalue weighted by Gasteiger charge is 2.18. The van der Waals surface area contributed by atoms with E-state index in [1.54, 1.807) is 12.1 Å². The number of carbonyl (C=O) groups is 1. The summed E-state index contributed by atoms with van der Waals surface area (Å²) < 4.78 is 12.8. The molecule has 3 heterocycles. The van der Waals surface area contributed by atoms with Gasteiger partial charge in [0.1, 0.15) is 0 Å². The van der Waals surface area contributed by atoms with E-state index in [9.17, 15) is 4.79 Å². The number of halogens is 1. The van der Waals surface area contributed by atoms with Crippen LogP contribution in [0, 0.1) is 6.92 Å². The predicted molar refractivity (Wildman–Crippen MR) is 81.0 cm³/mol. The van der Waals surface area contributed by atoms with Crippen molar-refractivity contribution in [2.24, 2.45) is 7.05 Å². The molecule has 0 aliphatic rings. The first-order chi connectivity index (χ1) is 10.5. The largest absolute Gasteiger partial charge is 0.446 e. The number of hydrogen-bond acceptors (Lipinski definition) is 5.